The predicted molar refractivity (Wildman–Crippen MR) is 69.7 cm³/mol. The van der Waals surface area contributed by atoms with E-state index in [2.05, 4.69) is 26.2 Å². The van der Waals surface area contributed by atoms with Crippen molar-refractivity contribution >= 4 is 16.6 Å². The van der Waals surface area contributed by atoms with Crippen LogP contribution in [0.25, 0.3) is 28.1 Å². The summed E-state index contributed by atoms with van der Waals surface area (Å²) >= 11 is 0. The van der Waals surface area contributed by atoms with Crippen LogP contribution in [0, 0.1) is 0 Å². The van der Waals surface area contributed by atoms with Crippen LogP contribution < -0.4 is 4.57 Å². The van der Waals surface area contributed by atoms with E-state index in [1.165, 1.54) is 5.56 Å². The molecule has 5 rings (SSSR count). The predicted octanol–water partition coefficient (Wildman–Crippen LogP) is 2.40. The van der Waals surface area contributed by atoms with Gasteiger partial charge in [0.15, 0.2) is 6.54 Å². The van der Waals surface area contributed by atoms with E-state index in [1.54, 1.807) is 0 Å². The fourth-order valence-electron chi connectivity index (χ4n) is 2.93. The van der Waals surface area contributed by atoms with E-state index < -0.39 is 0 Å². The lowest BCUT2D eigenvalue weighted by molar-refractivity contribution is -0.649. The van der Waals surface area contributed by atoms with Gasteiger partial charge in [-0.3, -0.25) is 4.98 Å². The number of hydrogen-bond acceptors (Lipinski definition) is 2. The molecule has 0 saturated heterocycles. The van der Waals surface area contributed by atoms with E-state index in [9.17, 15) is 0 Å². The second kappa shape index (κ2) is 3.03. The van der Waals surface area contributed by atoms with Crippen LogP contribution in [0.4, 0.5) is 0 Å². The molecule has 4 aromatic heterocycles. The lowest BCUT2D eigenvalue weighted by atomic mass is 10.2. The third kappa shape index (κ3) is 1.04. The fraction of sp³-hybridized carbons (Fsp3) is 0.0667. The van der Waals surface area contributed by atoms with Gasteiger partial charge in [0, 0.05) is 18.6 Å². The molecule has 0 radical (unpaired) electrons. The van der Waals surface area contributed by atoms with Crippen molar-refractivity contribution in [1.29, 1.82) is 0 Å². The Kier molecular flexibility index (Phi) is 1.49. The summed E-state index contributed by atoms with van der Waals surface area (Å²) in [5, 5.41) is 0. The first kappa shape index (κ1) is 9.33. The second-order valence-electron chi connectivity index (χ2n) is 4.86. The summed E-state index contributed by atoms with van der Waals surface area (Å²) in [6.07, 6.45) is 7.90. The minimum Gasteiger partial charge on any atom is -0.395 e. The highest BCUT2D eigenvalue weighted by molar-refractivity contribution is 5.89. The van der Waals surface area contributed by atoms with Gasteiger partial charge in [0.1, 0.15) is 0 Å². The number of oxazole rings is 1. The van der Waals surface area contributed by atoms with Gasteiger partial charge in [-0.1, -0.05) is 6.07 Å². The summed E-state index contributed by atoms with van der Waals surface area (Å²) < 4.78 is 10.4. The molecule has 5 heterocycles. The van der Waals surface area contributed by atoms with Gasteiger partial charge in [0.2, 0.25) is 5.58 Å². The minimum absolute atomic E-state index is 0.836. The Hall–Kier alpha value is -2.62. The summed E-state index contributed by atoms with van der Waals surface area (Å²) in [5.74, 6) is 0.939. The molecule has 0 unspecified atom stereocenters. The Balaban J connectivity index is 1.93. The van der Waals surface area contributed by atoms with E-state index in [-0.39, 0.29) is 0 Å². The average Bonchev–Trinajstić information content (AvgIpc) is 3.07. The van der Waals surface area contributed by atoms with E-state index in [4.69, 9.17) is 4.42 Å². The van der Waals surface area contributed by atoms with Gasteiger partial charge in [-0.2, -0.15) is 4.57 Å². The Morgan fingerprint density at radius 3 is 3.26 bits per heavy atom. The molecule has 1 aliphatic rings. The van der Waals surface area contributed by atoms with Crippen LogP contribution in [-0.2, 0) is 6.54 Å². The summed E-state index contributed by atoms with van der Waals surface area (Å²) in [4.78, 5) is 4.18. The molecular formula is C15H10N3O+. The summed E-state index contributed by atoms with van der Waals surface area (Å²) in [7, 11) is 0. The molecule has 4 nitrogen and oxygen atoms in total. The molecule has 0 amide bonds. The van der Waals surface area contributed by atoms with E-state index in [1.807, 2.05) is 36.8 Å². The number of pyridine rings is 2. The highest BCUT2D eigenvalue weighted by Gasteiger charge is 2.35. The number of nitrogens with zero attached hydrogens (tertiary/aromatic N) is 3. The molecule has 90 valence electrons. The van der Waals surface area contributed by atoms with Crippen LogP contribution in [0.1, 0.15) is 5.56 Å². The normalized spacial score (nSPS) is 13.1. The molecular weight excluding hydrogens is 238 g/mol. The third-order valence-electron chi connectivity index (χ3n) is 3.81. The topological polar surface area (TPSA) is 34.3 Å². The molecule has 0 aromatic carbocycles. The van der Waals surface area contributed by atoms with Crippen LogP contribution in [0.15, 0.2) is 53.5 Å². The van der Waals surface area contributed by atoms with Gasteiger partial charge in [0.25, 0.3) is 5.52 Å². The minimum atomic E-state index is 0.836. The Morgan fingerprint density at radius 2 is 2.26 bits per heavy atom. The van der Waals surface area contributed by atoms with E-state index in [0.29, 0.717) is 0 Å². The zero-order valence-electron chi connectivity index (χ0n) is 10.1. The van der Waals surface area contributed by atoms with Gasteiger partial charge < -0.3 is 8.82 Å². The average molecular weight is 248 g/mol. The number of aromatic nitrogens is 3. The third-order valence-corrected chi connectivity index (χ3v) is 3.81. The lowest BCUT2D eigenvalue weighted by Crippen LogP contribution is -2.30. The molecule has 0 bridgehead atoms. The molecule has 19 heavy (non-hydrogen) atoms. The number of hydrogen-bond donors (Lipinski definition) is 0. The summed E-state index contributed by atoms with van der Waals surface area (Å²) in [6, 6.07) is 8.15. The quantitative estimate of drug-likeness (QED) is 0.394. The van der Waals surface area contributed by atoms with Crippen molar-refractivity contribution in [2.24, 2.45) is 0 Å². The van der Waals surface area contributed by atoms with Crippen molar-refractivity contribution in [3.05, 3.63) is 54.6 Å². The van der Waals surface area contributed by atoms with E-state index in [0.717, 1.165) is 34.6 Å². The second-order valence-corrected chi connectivity index (χ2v) is 4.86. The first-order valence-electron chi connectivity index (χ1n) is 6.27. The van der Waals surface area contributed by atoms with Crippen LogP contribution >= 0.6 is 0 Å². The Bertz CT molecular complexity index is 949. The molecule has 0 aliphatic carbocycles. The summed E-state index contributed by atoms with van der Waals surface area (Å²) in [5.41, 5.74) is 5.57. The molecule has 0 spiro atoms. The van der Waals surface area contributed by atoms with Crippen LogP contribution in [0.2, 0.25) is 0 Å². The van der Waals surface area contributed by atoms with Crippen molar-refractivity contribution in [3.8, 4) is 11.5 Å². The Labute approximate surface area is 108 Å². The summed E-state index contributed by atoms with van der Waals surface area (Å²) in [6.45, 7) is 0.836. The first-order chi connectivity index (χ1) is 9.42. The van der Waals surface area contributed by atoms with Crippen molar-refractivity contribution in [1.82, 2.24) is 9.38 Å². The smallest absolute Gasteiger partial charge is 0.382 e. The maximum absolute atomic E-state index is 6.10. The van der Waals surface area contributed by atoms with Crippen molar-refractivity contribution in [3.63, 3.8) is 0 Å². The maximum atomic E-state index is 6.10. The molecule has 0 N–H and O–H groups in total. The van der Waals surface area contributed by atoms with Crippen LogP contribution in [0.5, 0.6) is 0 Å². The van der Waals surface area contributed by atoms with Gasteiger partial charge >= 0.3 is 5.89 Å². The zero-order chi connectivity index (χ0) is 12.4. The number of rotatable bonds is 0. The van der Waals surface area contributed by atoms with Gasteiger partial charge in [-0.05, 0) is 18.2 Å². The van der Waals surface area contributed by atoms with Crippen molar-refractivity contribution < 1.29 is 8.98 Å². The van der Waals surface area contributed by atoms with Crippen LogP contribution in [0.3, 0.4) is 0 Å². The SMILES string of the molecule is c1ccn2cc3c(oc4[n+]3Cc3cnccc3-4)c2c1. The fourth-order valence-corrected chi connectivity index (χ4v) is 2.93. The molecule has 0 fully saturated rings. The maximum Gasteiger partial charge on any atom is 0.382 e. The highest BCUT2D eigenvalue weighted by Crippen LogP contribution is 2.32. The largest absolute Gasteiger partial charge is 0.395 e. The zero-order valence-corrected chi connectivity index (χ0v) is 10.1. The lowest BCUT2D eigenvalue weighted by Gasteiger charge is -1.90. The highest BCUT2D eigenvalue weighted by atomic mass is 16.4. The molecule has 0 atom stereocenters. The molecule has 1 aliphatic heterocycles. The molecule has 0 saturated carbocycles. The van der Waals surface area contributed by atoms with Gasteiger partial charge in [0.05, 0.1) is 22.8 Å². The Morgan fingerprint density at radius 1 is 1.26 bits per heavy atom. The van der Waals surface area contributed by atoms with Crippen molar-refractivity contribution in [2.45, 2.75) is 6.54 Å². The van der Waals surface area contributed by atoms with E-state index >= 15 is 0 Å². The van der Waals surface area contributed by atoms with Gasteiger partial charge in [-0.15, -0.1) is 0 Å². The standard InChI is InChI=1S/C15H10N3O/c1-2-6-17-9-13-14(12(17)3-1)19-15-11-4-5-16-7-10(11)8-18(13)15/h1-7,9H,8H2/q+1. The van der Waals surface area contributed by atoms with Gasteiger partial charge in [-0.25, -0.2) is 0 Å². The van der Waals surface area contributed by atoms with Crippen molar-refractivity contribution in [2.75, 3.05) is 0 Å². The molecule has 4 heteroatoms. The molecule has 4 aromatic rings. The van der Waals surface area contributed by atoms with Crippen LogP contribution in [-0.4, -0.2) is 9.38 Å². The number of fused-ring (bicyclic) bond motifs is 7. The first-order valence-corrected chi connectivity index (χ1v) is 6.27. The monoisotopic (exact) mass is 248 g/mol.